The molecule has 0 unspecified atom stereocenters. The van der Waals surface area contributed by atoms with Gasteiger partial charge in [0.1, 0.15) is 0 Å². The van der Waals surface area contributed by atoms with Gasteiger partial charge in [-0.2, -0.15) is 4.99 Å². The minimum Gasteiger partial charge on any atom is -0.316 e. The van der Waals surface area contributed by atoms with Crippen molar-refractivity contribution in [2.45, 2.75) is 51.0 Å². The van der Waals surface area contributed by atoms with Crippen molar-refractivity contribution in [1.82, 2.24) is 4.57 Å². The van der Waals surface area contributed by atoms with Crippen LogP contribution in [0.3, 0.4) is 0 Å². The predicted molar refractivity (Wildman–Crippen MR) is 118 cm³/mol. The summed E-state index contributed by atoms with van der Waals surface area (Å²) in [6, 6.07) is 14.6. The second kappa shape index (κ2) is 9.05. The Morgan fingerprint density at radius 1 is 1.14 bits per heavy atom. The van der Waals surface area contributed by atoms with Crippen LogP contribution < -0.4 is 4.80 Å². The molecule has 0 radical (unpaired) electrons. The number of aryl methyl sites for hydroxylation is 1. The lowest BCUT2D eigenvalue weighted by molar-refractivity contribution is -0.117. The van der Waals surface area contributed by atoms with Gasteiger partial charge in [0.15, 0.2) is 14.6 Å². The van der Waals surface area contributed by atoms with Crippen molar-refractivity contribution in [2.75, 3.05) is 5.75 Å². The maximum atomic E-state index is 12.5. The first kappa shape index (κ1) is 21.5. The number of benzene rings is 2. The molecule has 0 N–H and O–H groups in total. The number of thiazole rings is 1. The first-order chi connectivity index (χ1) is 13.8. The molecule has 0 saturated heterocycles. The quantitative estimate of drug-likeness (QED) is 0.553. The normalized spacial score (nSPS) is 12.8. The maximum absolute atomic E-state index is 12.5. The average Bonchev–Trinajstić information content (AvgIpc) is 3.04. The average molecular weight is 431 g/mol. The molecule has 0 bridgehead atoms. The summed E-state index contributed by atoms with van der Waals surface area (Å²) >= 11 is 1.48. The third-order valence-electron chi connectivity index (χ3n) is 4.73. The van der Waals surface area contributed by atoms with Gasteiger partial charge in [-0.3, -0.25) is 4.79 Å². The van der Waals surface area contributed by atoms with Crippen molar-refractivity contribution in [3.05, 3.63) is 58.9 Å². The molecule has 0 aliphatic carbocycles. The van der Waals surface area contributed by atoms with Gasteiger partial charge in [0.2, 0.25) is 5.91 Å². The van der Waals surface area contributed by atoms with E-state index in [2.05, 4.69) is 44.0 Å². The molecule has 1 aromatic heterocycles. The van der Waals surface area contributed by atoms with Gasteiger partial charge in [-0.05, 0) is 42.2 Å². The Labute approximate surface area is 175 Å². The molecule has 5 nitrogen and oxygen atoms in total. The van der Waals surface area contributed by atoms with Crippen LogP contribution in [0.25, 0.3) is 10.2 Å². The molecule has 3 rings (SSSR count). The van der Waals surface area contributed by atoms with E-state index in [9.17, 15) is 13.2 Å². The fourth-order valence-electron chi connectivity index (χ4n) is 3.10. The third kappa shape index (κ3) is 5.03. The van der Waals surface area contributed by atoms with Gasteiger partial charge in [0.25, 0.3) is 0 Å². The Morgan fingerprint density at radius 2 is 1.86 bits per heavy atom. The number of aromatic nitrogens is 1. The van der Waals surface area contributed by atoms with Crippen LogP contribution in [0.5, 0.6) is 0 Å². The first-order valence-electron chi connectivity index (χ1n) is 9.80. The molecule has 0 aliphatic heterocycles. The van der Waals surface area contributed by atoms with Gasteiger partial charge < -0.3 is 4.57 Å². The van der Waals surface area contributed by atoms with E-state index < -0.39 is 15.7 Å². The van der Waals surface area contributed by atoms with E-state index in [0.717, 1.165) is 23.2 Å². The molecule has 7 heteroatoms. The maximum Gasteiger partial charge on any atom is 0.249 e. The Morgan fingerprint density at radius 3 is 2.52 bits per heavy atom. The molecule has 0 saturated carbocycles. The number of carbonyl (C=O) groups is 1. The van der Waals surface area contributed by atoms with Crippen LogP contribution in [0, 0.1) is 0 Å². The van der Waals surface area contributed by atoms with Gasteiger partial charge >= 0.3 is 0 Å². The Balaban J connectivity index is 1.88. The lowest BCUT2D eigenvalue weighted by Crippen LogP contribution is -2.18. The molecule has 0 spiro atoms. The summed E-state index contributed by atoms with van der Waals surface area (Å²) in [6.45, 7) is 7.14. The summed E-state index contributed by atoms with van der Waals surface area (Å²) in [5.41, 5.74) is 2.30. The van der Waals surface area contributed by atoms with Gasteiger partial charge in [-0.25, -0.2) is 8.42 Å². The van der Waals surface area contributed by atoms with E-state index in [0.29, 0.717) is 10.7 Å². The molecule has 0 atom stereocenters. The topological polar surface area (TPSA) is 68.5 Å². The summed E-state index contributed by atoms with van der Waals surface area (Å²) in [4.78, 5) is 17.6. The predicted octanol–water partition coefficient (Wildman–Crippen LogP) is 4.53. The highest BCUT2D eigenvalue weighted by Crippen LogP contribution is 2.24. The molecule has 29 heavy (non-hydrogen) atoms. The van der Waals surface area contributed by atoms with Crippen LogP contribution in [0.15, 0.2) is 58.4 Å². The van der Waals surface area contributed by atoms with Crippen molar-refractivity contribution in [2.24, 2.45) is 4.99 Å². The van der Waals surface area contributed by atoms with Gasteiger partial charge in [0, 0.05) is 13.0 Å². The standard InChI is InChI=1S/C22H26N2O3S2/c1-4-13-24-19-11-10-17(16(2)3)15-20(19)28-22(24)23-21(25)12-14-29(26,27)18-8-6-5-7-9-18/h5-11,15-16H,4,12-14H2,1-3H3. The van der Waals surface area contributed by atoms with Crippen LogP contribution >= 0.6 is 11.3 Å². The lowest BCUT2D eigenvalue weighted by Gasteiger charge is -2.06. The van der Waals surface area contributed by atoms with Gasteiger partial charge in [-0.15, -0.1) is 0 Å². The summed E-state index contributed by atoms with van der Waals surface area (Å²) < 4.78 is 27.9. The minimum atomic E-state index is -3.49. The van der Waals surface area contributed by atoms with Crippen LogP contribution in [0.4, 0.5) is 0 Å². The highest BCUT2D eigenvalue weighted by molar-refractivity contribution is 7.91. The van der Waals surface area contributed by atoms with Crippen molar-refractivity contribution in [1.29, 1.82) is 0 Å². The molecular weight excluding hydrogens is 404 g/mol. The number of carbonyl (C=O) groups excluding carboxylic acids is 1. The van der Waals surface area contributed by atoms with E-state index >= 15 is 0 Å². The Bertz CT molecular complexity index is 1170. The van der Waals surface area contributed by atoms with Crippen LogP contribution in [0.2, 0.25) is 0 Å². The van der Waals surface area contributed by atoms with Crippen LogP contribution in [0.1, 0.15) is 45.1 Å². The number of fused-ring (bicyclic) bond motifs is 1. The number of amides is 1. The third-order valence-corrected chi connectivity index (χ3v) is 7.50. The van der Waals surface area contributed by atoms with Crippen molar-refractivity contribution in [3.63, 3.8) is 0 Å². The molecular formula is C22H26N2O3S2. The van der Waals surface area contributed by atoms with E-state index in [4.69, 9.17) is 0 Å². The second-order valence-electron chi connectivity index (χ2n) is 7.31. The van der Waals surface area contributed by atoms with E-state index in [1.807, 2.05) is 4.57 Å². The van der Waals surface area contributed by atoms with Crippen molar-refractivity contribution < 1.29 is 13.2 Å². The summed E-state index contributed by atoms with van der Waals surface area (Å²) in [5.74, 6) is -0.230. The number of rotatable bonds is 7. The zero-order chi connectivity index (χ0) is 21.0. The number of nitrogens with zero attached hydrogens (tertiary/aromatic N) is 2. The highest BCUT2D eigenvalue weighted by atomic mass is 32.2. The Kier molecular flexibility index (Phi) is 6.70. The molecule has 3 aromatic rings. The van der Waals surface area contributed by atoms with Crippen LogP contribution in [-0.2, 0) is 21.2 Å². The minimum absolute atomic E-state index is 0.130. The van der Waals surface area contributed by atoms with Gasteiger partial charge in [-0.1, -0.05) is 56.4 Å². The fraction of sp³-hybridized carbons (Fsp3) is 0.364. The first-order valence-corrected chi connectivity index (χ1v) is 12.3. The summed E-state index contributed by atoms with van der Waals surface area (Å²) in [7, 11) is -3.49. The Hall–Kier alpha value is -2.25. The zero-order valence-corrected chi connectivity index (χ0v) is 18.6. The van der Waals surface area contributed by atoms with E-state index in [1.54, 1.807) is 30.3 Å². The van der Waals surface area contributed by atoms with Crippen molar-refractivity contribution >= 4 is 37.3 Å². The molecule has 154 valence electrons. The SMILES string of the molecule is CCCn1c(=NC(=O)CCS(=O)(=O)c2ccccc2)sc2cc(C(C)C)ccc21. The summed E-state index contributed by atoms with van der Waals surface area (Å²) in [5, 5.41) is 0. The zero-order valence-electron chi connectivity index (χ0n) is 17.0. The molecule has 1 heterocycles. The monoisotopic (exact) mass is 430 g/mol. The molecule has 0 aliphatic rings. The fourth-order valence-corrected chi connectivity index (χ4v) is 5.48. The van der Waals surface area contributed by atoms with Crippen LogP contribution in [-0.4, -0.2) is 24.6 Å². The smallest absolute Gasteiger partial charge is 0.249 e. The van der Waals surface area contributed by atoms with E-state index in [-0.39, 0.29) is 17.1 Å². The van der Waals surface area contributed by atoms with Gasteiger partial charge in [0.05, 0.1) is 20.9 Å². The lowest BCUT2D eigenvalue weighted by atomic mass is 10.0. The molecule has 0 fully saturated rings. The van der Waals surface area contributed by atoms with E-state index in [1.165, 1.54) is 16.9 Å². The molecule has 1 amide bonds. The largest absolute Gasteiger partial charge is 0.316 e. The number of hydrogen-bond acceptors (Lipinski definition) is 4. The molecule has 2 aromatic carbocycles. The summed E-state index contributed by atoms with van der Waals surface area (Å²) in [6.07, 6.45) is 0.788. The second-order valence-corrected chi connectivity index (χ2v) is 10.4. The highest BCUT2D eigenvalue weighted by Gasteiger charge is 2.16. The number of sulfone groups is 1. The van der Waals surface area contributed by atoms with Crippen molar-refractivity contribution in [3.8, 4) is 0 Å². The number of hydrogen-bond donors (Lipinski definition) is 0.